The van der Waals surface area contributed by atoms with E-state index >= 15 is 0 Å². The van der Waals surface area contributed by atoms with Crippen LogP contribution in [-0.4, -0.2) is 31.1 Å². The molecule has 1 N–H and O–H groups in total. The predicted octanol–water partition coefficient (Wildman–Crippen LogP) is 1.28. The van der Waals surface area contributed by atoms with Crippen LogP contribution in [0.15, 0.2) is 6.20 Å². The highest BCUT2D eigenvalue weighted by atomic mass is 19.4. The Morgan fingerprint density at radius 3 is 2.44 bits per heavy atom. The first-order valence-corrected chi connectivity index (χ1v) is 4.61. The molecule has 0 aliphatic rings. The number of nitrogens with zero attached hydrogens (tertiary/aromatic N) is 3. The van der Waals surface area contributed by atoms with Gasteiger partial charge >= 0.3 is 6.18 Å². The summed E-state index contributed by atoms with van der Waals surface area (Å²) < 4.78 is 38.0. The molecule has 1 rings (SSSR count). The molecule has 7 heteroatoms. The van der Waals surface area contributed by atoms with Crippen LogP contribution < -0.4 is 10.2 Å². The van der Waals surface area contributed by atoms with Crippen molar-refractivity contribution in [2.24, 2.45) is 0 Å². The smallest absolute Gasteiger partial charge is 0.347 e. The molecule has 0 aromatic carbocycles. The topological polar surface area (TPSA) is 41.1 Å². The third-order valence-corrected chi connectivity index (χ3v) is 1.89. The molecule has 0 radical (unpaired) electrons. The van der Waals surface area contributed by atoms with Crippen LogP contribution in [0.4, 0.5) is 19.1 Å². The van der Waals surface area contributed by atoms with E-state index in [1.807, 2.05) is 0 Å². The van der Waals surface area contributed by atoms with Gasteiger partial charge in [0.15, 0.2) is 5.69 Å². The van der Waals surface area contributed by atoms with Gasteiger partial charge in [0, 0.05) is 32.4 Å². The first-order chi connectivity index (χ1) is 7.36. The van der Waals surface area contributed by atoms with Crippen LogP contribution in [-0.2, 0) is 12.7 Å². The highest BCUT2D eigenvalue weighted by Gasteiger charge is 2.36. The Labute approximate surface area is 91.5 Å². The Hall–Kier alpha value is -1.37. The van der Waals surface area contributed by atoms with Gasteiger partial charge in [0.2, 0.25) is 5.95 Å². The van der Waals surface area contributed by atoms with Crippen molar-refractivity contribution in [1.29, 1.82) is 0 Å². The maximum Gasteiger partial charge on any atom is 0.433 e. The second-order valence-electron chi connectivity index (χ2n) is 3.47. The lowest BCUT2D eigenvalue weighted by Gasteiger charge is -2.15. The van der Waals surface area contributed by atoms with Crippen molar-refractivity contribution in [1.82, 2.24) is 15.3 Å². The number of halogens is 3. The van der Waals surface area contributed by atoms with Gasteiger partial charge in [0.05, 0.1) is 0 Å². The molecule has 0 atom stereocenters. The maximum atomic E-state index is 12.7. The van der Waals surface area contributed by atoms with E-state index in [-0.39, 0.29) is 18.1 Å². The molecular formula is C9H13F3N4. The molecule has 1 aromatic rings. The summed E-state index contributed by atoms with van der Waals surface area (Å²) in [5.74, 6) is 0.0483. The highest BCUT2D eigenvalue weighted by Crippen LogP contribution is 2.30. The van der Waals surface area contributed by atoms with Crippen molar-refractivity contribution in [3.63, 3.8) is 0 Å². The van der Waals surface area contributed by atoms with Gasteiger partial charge in [-0.05, 0) is 7.05 Å². The quantitative estimate of drug-likeness (QED) is 0.855. The summed E-state index contributed by atoms with van der Waals surface area (Å²) in [6.45, 7) is 0.0859. The molecule has 90 valence electrons. The molecule has 0 saturated carbocycles. The Bertz CT molecular complexity index is 362. The van der Waals surface area contributed by atoms with Crippen LogP contribution in [0, 0.1) is 0 Å². The molecule has 0 amide bonds. The van der Waals surface area contributed by atoms with Crippen molar-refractivity contribution in [2.75, 3.05) is 26.0 Å². The van der Waals surface area contributed by atoms with Crippen LogP contribution in [0.25, 0.3) is 0 Å². The zero-order valence-electron chi connectivity index (χ0n) is 9.26. The second-order valence-corrected chi connectivity index (χ2v) is 3.47. The fraction of sp³-hybridized carbons (Fsp3) is 0.556. The van der Waals surface area contributed by atoms with Gasteiger partial charge in [0.1, 0.15) is 0 Å². The number of hydrogen-bond donors (Lipinski definition) is 1. The molecule has 4 nitrogen and oxygen atoms in total. The van der Waals surface area contributed by atoms with E-state index in [4.69, 9.17) is 0 Å². The van der Waals surface area contributed by atoms with Gasteiger partial charge in [-0.1, -0.05) is 0 Å². The summed E-state index contributed by atoms with van der Waals surface area (Å²) in [6, 6.07) is 0. The van der Waals surface area contributed by atoms with E-state index in [2.05, 4.69) is 15.3 Å². The van der Waals surface area contributed by atoms with Crippen molar-refractivity contribution < 1.29 is 13.2 Å². The van der Waals surface area contributed by atoms with Crippen LogP contribution in [0.3, 0.4) is 0 Å². The number of nitrogens with one attached hydrogen (secondary N) is 1. The molecule has 1 heterocycles. The SMILES string of the molecule is CNCc1cnc(N(C)C)nc1C(F)(F)F. The average Bonchev–Trinajstić information content (AvgIpc) is 2.16. The minimum atomic E-state index is -4.46. The molecule has 0 aliphatic carbocycles. The molecule has 1 aromatic heterocycles. The van der Waals surface area contributed by atoms with Crippen LogP contribution in [0.1, 0.15) is 11.3 Å². The van der Waals surface area contributed by atoms with E-state index in [1.54, 1.807) is 21.1 Å². The average molecular weight is 234 g/mol. The van der Waals surface area contributed by atoms with Gasteiger partial charge in [-0.3, -0.25) is 0 Å². The zero-order chi connectivity index (χ0) is 12.3. The molecule has 0 unspecified atom stereocenters. The summed E-state index contributed by atoms with van der Waals surface area (Å²) in [6.07, 6.45) is -3.26. The molecule has 0 aliphatic heterocycles. The van der Waals surface area contributed by atoms with E-state index in [0.717, 1.165) is 0 Å². The Kier molecular flexibility index (Phi) is 3.69. The Morgan fingerprint density at radius 2 is 2.00 bits per heavy atom. The third kappa shape index (κ3) is 2.82. The van der Waals surface area contributed by atoms with Crippen molar-refractivity contribution in [2.45, 2.75) is 12.7 Å². The second kappa shape index (κ2) is 4.65. The third-order valence-electron chi connectivity index (χ3n) is 1.89. The Morgan fingerprint density at radius 1 is 1.38 bits per heavy atom. The van der Waals surface area contributed by atoms with Gasteiger partial charge in [-0.25, -0.2) is 9.97 Å². The van der Waals surface area contributed by atoms with E-state index in [0.29, 0.717) is 0 Å². The molecule has 16 heavy (non-hydrogen) atoms. The number of aromatic nitrogens is 2. The summed E-state index contributed by atoms with van der Waals surface area (Å²) in [7, 11) is 4.75. The maximum absolute atomic E-state index is 12.7. The van der Waals surface area contributed by atoms with E-state index < -0.39 is 11.9 Å². The number of rotatable bonds is 3. The standard InChI is InChI=1S/C9H13F3N4/c1-13-4-6-5-14-8(16(2)3)15-7(6)9(10,11)12/h5,13H,4H2,1-3H3. The minimum absolute atomic E-state index is 0.0422. The first-order valence-electron chi connectivity index (χ1n) is 4.61. The molecule has 0 spiro atoms. The van der Waals surface area contributed by atoms with Crippen molar-refractivity contribution >= 4 is 5.95 Å². The lowest BCUT2D eigenvalue weighted by Crippen LogP contribution is -2.20. The number of hydrogen-bond acceptors (Lipinski definition) is 4. The molecule has 0 saturated heterocycles. The van der Waals surface area contributed by atoms with Crippen molar-refractivity contribution in [3.8, 4) is 0 Å². The lowest BCUT2D eigenvalue weighted by atomic mass is 10.2. The number of alkyl halides is 3. The largest absolute Gasteiger partial charge is 0.433 e. The molecule has 0 fully saturated rings. The van der Waals surface area contributed by atoms with Crippen LogP contribution in [0.2, 0.25) is 0 Å². The minimum Gasteiger partial charge on any atom is -0.347 e. The van der Waals surface area contributed by atoms with E-state index in [1.165, 1.54) is 11.1 Å². The normalized spacial score (nSPS) is 11.6. The fourth-order valence-corrected chi connectivity index (χ4v) is 1.18. The van der Waals surface area contributed by atoms with Gasteiger partial charge in [-0.2, -0.15) is 13.2 Å². The van der Waals surface area contributed by atoms with Gasteiger partial charge < -0.3 is 10.2 Å². The molecule has 0 bridgehead atoms. The summed E-state index contributed by atoms with van der Waals surface area (Å²) in [4.78, 5) is 8.79. The monoisotopic (exact) mass is 234 g/mol. The number of anilines is 1. The molecular weight excluding hydrogens is 221 g/mol. The summed E-state index contributed by atoms with van der Waals surface area (Å²) in [5.41, 5.74) is -0.846. The van der Waals surface area contributed by atoms with Crippen LogP contribution >= 0.6 is 0 Å². The van der Waals surface area contributed by atoms with E-state index in [9.17, 15) is 13.2 Å². The fourth-order valence-electron chi connectivity index (χ4n) is 1.18. The zero-order valence-corrected chi connectivity index (χ0v) is 9.26. The summed E-state index contributed by atoms with van der Waals surface area (Å²) >= 11 is 0. The van der Waals surface area contributed by atoms with Crippen LogP contribution in [0.5, 0.6) is 0 Å². The predicted molar refractivity (Wildman–Crippen MR) is 54.1 cm³/mol. The Balaban J connectivity index is 3.21. The lowest BCUT2D eigenvalue weighted by molar-refractivity contribution is -0.141. The van der Waals surface area contributed by atoms with Gasteiger partial charge in [-0.15, -0.1) is 0 Å². The summed E-state index contributed by atoms with van der Waals surface area (Å²) in [5, 5.41) is 2.65. The van der Waals surface area contributed by atoms with Gasteiger partial charge in [0.25, 0.3) is 0 Å². The highest BCUT2D eigenvalue weighted by molar-refractivity contribution is 5.32. The van der Waals surface area contributed by atoms with Crippen molar-refractivity contribution in [3.05, 3.63) is 17.5 Å². The first kappa shape index (κ1) is 12.7.